The van der Waals surface area contributed by atoms with E-state index in [-0.39, 0.29) is 0 Å². The van der Waals surface area contributed by atoms with Gasteiger partial charge in [0.1, 0.15) is 0 Å². The largest absolute Gasteiger partial charge is 0.379 e. The summed E-state index contributed by atoms with van der Waals surface area (Å²) >= 11 is 0. The predicted molar refractivity (Wildman–Crippen MR) is 55.6 cm³/mol. The second kappa shape index (κ2) is 5.61. The van der Waals surface area contributed by atoms with Crippen LogP contribution in [-0.2, 0) is 4.74 Å². The fourth-order valence-electron chi connectivity index (χ4n) is 1.86. The van der Waals surface area contributed by atoms with E-state index in [0.717, 1.165) is 38.3 Å². The van der Waals surface area contributed by atoms with Crippen LogP contribution in [0.5, 0.6) is 0 Å². The summed E-state index contributed by atoms with van der Waals surface area (Å²) in [5, 5.41) is 0. The molecule has 0 N–H and O–H groups in total. The Morgan fingerprint density at radius 2 is 1.77 bits per heavy atom. The number of morpholine rings is 1. The lowest BCUT2D eigenvalue weighted by Crippen LogP contribution is -2.43. The van der Waals surface area contributed by atoms with Gasteiger partial charge >= 0.3 is 0 Å². The topological polar surface area (TPSA) is 12.5 Å². The Bertz CT molecular complexity index is 128. The van der Waals surface area contributed by atoms with E-state index >= 15 is 0 Å². The van der Waals surface area contributed by atoms with Gasteiger partial charge in [0.15, 0.2) is 0 Å². The Balaban J connectivity index is 0.000000396. The lowest BCUT2D eigenvalue weighted by Gasteiger charge is -2.32. The van der Waals surface area contributed by atoms with E-state index in [1.54, 1.807) is 6.92 Å². The van der Waals surface area contributed by atoms with Crippen LogP contribution in [-0.4, -0.2) is 37.2 Å². The van der Waals surface area contributed by atoms with E-state index < -0.39 is 0 Å². The molecule has 0 spiro atoms. The highest BCUT2D eigenvalue weighted by Gasteiger charge is 2.32. The fourth-order valence-corrected chi connectivity index (χ4v) is 1.86. The molecular weight excluding hydrogens is 162 g/mol. The minimum absolute atomic E-state index is 0.818. The molecule has 0 aromatic rings. The average Bonchev–Trinajstić information content (AvgIpc) is 3.05. The van der Waals surface area contributed by atoms with Gasteiger partial charge in [-0.1, -0.05) is 13.8 Å². The lowest BCUT2D eigenvalue weighted by atomic mass is 10.2. The molecule has 2 nitrogen and oxygen atoms in total. The summed E-state index contributed by atoms with van der Waals surface area (Å²) in [6.07, 6.45) is 2.91. The van der Waals surface area contributed by atoms with Gasteiger partial charge < -0.3 is 4.74 Å². The molecule has 13 heavy (non-hydrogen) atoms. The predicted octanol–water partition coefficient (Wildman–Crippen LogP) is 1.96. The van der Waals surface area contributed by atoms with E-state index in [9.17, 15) is 0 Å². The maximum absolute atomic E-state index is 5.31. The summed E-state index contributed by atoms with van der Waals surface area (Å²) in [6.45, 7) is 11.5. The standard InChI is InChI=1S/C9H17NO.C2H5/c1-8(9-2-3-9)10-4-6-11-7-5-10;1-2/h8-9H,2-7H2,1H3;1H2,2H3. The molecule has 1 atom stereocenters. The maximum Gasteiger partial charge on any atom is 0.0594 e. The summed E-state index contributed by atoms with van der Waals surface area (Å²) < 4.78 is 5.31. The van der Waals surface area contributed by atoms with E-state index in [1.807, 2.05) is 0 Å². The van der Waals surface area contributed by atoms with Crippen molar-refractivity contribution in [1.29, 1.82) is 0 Å². The van der Waals surface area contributed by atoms with Crippen molar-refractivity contribution >= 4 is 0 Å². The Hall–Kier alpha value is -0.0800. The quantitative estimate of drug-likeness (QED) is 0.650. The van der Waals surface area contributed by atoms with Crippen LogP contribution in [0.2, 0.25) is 0 Å². The van der Waals surface area contributed by atoms with Crippen molar-refractivity contribution in [2.45, 2.75) is 32.7 Å². The Morgan fingerprint density at radius 1 is 1.23 bits per heavy atom. The molecule has 1 aliphatic heterocycles. The Morgan fingerprint density at radius 3 is 2.23 bits per heavy atom. The molecule has 1 saturated heterocycles. The van der Waals surface area contributed by atoms with Crippen molar-refractivity contribution < 1.29 is 4.74 Å². The van der Waals surface area contributed by atoms with E-state index in [2.05, 4.69) is 18.7 Å². The van der Waals surface area contributed by atoms with Crippen LogP contribution in [0, 0.1) is 12.8 Å². The number of hydrogen-bond acceptors (Lipinski definition) is 2. The Labute approximate surface area is 82.3 Å². The molecule has 1 saturated carbocycles. The van der Waals surface area contributed by atoms with Gasteiger partial charge in [0.2, 0.25) is 0 Å². The first kappa shape index (κ1) is 11.0. The first-order chi connectivity index (χ1) is 6.38. The highest BCUT2D eigenvalue weighted by molar-refractivity contribution is 4.85. The van der Waals surface area contributed by atoms with Crippen molar-refractivity contribution in [3.05, 3.63) is 6.92 Å². The number of nitrogens with zero attached hydrogens (tertiary/aromatic N) is 1. The zero-order valence-corrected chi connectivity index (χ0v) is 8.96. The molecule has 2 heteroatoms. The van der Waals surface area contributed by atoms with Crippen LogP contribution >= 0.6 is 0 Å². The van der Waals surface area contributed by atoms with Gasteiger partial charge in [-0.05, 0) is 25.7 Å². The molecule has 1 heterocycles. The molecule has 0 amide bonds. The molecule has 2 aliphatic rings. The van der Waals surface area contributed by atoms with Gasteiger partial charge in [0, 0.05) is 19.1 Å². The molecule has 0 bridgehead atoms. The molecule has 1 unspecified atom stereocenters. The van der Waals surface area contributed by atoms with Crippen molar-refractivity contribution in [2.24, 2.45) is 5.92 Å². The van der Waals surface area contributed by atoms with Gasteiger partial charge in [-0.3, -0.25) is 4.90 Å². The van der Waals surface area contributed by atoms with Crippen molar-refractivity contribution in [3.8, 4) is 0 Å². The molecular formula is C11H22NO. The van der Waals surface area contributed by atoms with Crippen LogP contribution in [0.1, 0.15) is 26.7 Å². The lowest BCUT2D eigenvalue weighted by molar-refractivity contribution is 0.0159. The second-order valence-electron chi connectivity index (χ2n) is 3.73. The van der Waals surface area contributed by atoms with Crippen LogP contribution in [0.3, 0.4) is 0 Å². The van der Waals surface area contributed by atoms with Gasteiger partial charge in [-0.2, -0.15) is 0 Å². The van der Waals surface area contributed by atoms with Gasteiger partial charge in [-0.25, -0.2) is 0 Å². The maximum atomic E-state index is 5.31. The van der Waals surface area contributed by atoms with Gasteiger partial charge in [-0.15, -0.1) is 0 Å². The molecule has 2 rings (SSSR count). The Kier molecular flexibility index (Phi) is 4.74. The summed E-state index contributed by atoms with van der Waals surface area (Å²) in [5.41, 5.74) is 0. The summed E-state index contributed by atoms with van der Waals surface area (Å²) in [6, 6.07) is 0.818. The van der Waals surface area contributed by atoms with Crippen LogP contribution in [0.15, 0.2) is 0 Å². The molecule has 0 aromatic carbocycles. The highest BCUT2D eigenvalue weighted by Crippen LogP contribution is 2.35. The van der Waals surface area contributed by atoms with E-state index in [1.165, 1.54) is 12.8 Å². The first-order valence-corrected chi connectivity index (χ1v) is 5.40. The second-order valence-corrected chi connectivity index (χ2v) is 3.73. The third-order valence-corrected chi connectivity index (χ3v) is 2.93. The van der Waals surface area contributed by atoms with Crippen LogP contribution < -0.4 is 0 Å². The van der Waals surface area contributed by atoms with Gasteiger partial charge in [0.05, 0.1) is 13.2 Å². The number of rotatable bonds is 2. The van der Waals surface area contributed by atoms with Crippen molar-refractivity contribution in [1.82, 2.24) is 4.90 Å². The van der Waals surface area contributed by atoms with E-state index in [4.69, 9.17) is 4.74 Å². The summed E-state index contributed by atoms with van der Waals surface area (Å²) in [5.74, 6) is 1.01. The average molecular weight is 184 g/mol. The van der Waals surface area contributed by atoms with Crippen LogP contribution in [0.4, 0.5) is 0 Å². The molecule has 77 valence electrons. The monoisotopic (exact) mass is 184 g/mol. The third-order valence-electron chi connectivity index (χ3n) is 2.93. The first-order valence-electron chi connectivity index (χ1n) is 5.40. The molecule has 1 aliphatic carbocycles. The van der Waals surface area contributed by atoms with Crippen molar-refractivity contribution in [3.63, 3.8) is 0 Å². The normalized spacial score (nSPS) is 26.1. The number of hydrogen-bond donors (Lipinski definition) is 0. The fraction of sp³-hybridized carbons (Fsp3) is 0.909. The number of ether oxygens (including phenoxy) is 1. The zero-order chi connectivity index (χ0) is 9.68. The van der Waals surface area contributed by atoms with Crippen LogP contribution in [0.25, 0.3) is 0 Å². The molecule has 2 fully saturated rings. The minimum Gasteiger partial charge on any atom is -0.379 e. The highest BCUT2D eigenvalue weighted by atomic mass is 16.5. The molecule has 0 aromatic heterocycles. The summed E-state index contributed by atoms with van der Waals surface area (Å²) in [7, 11) is 0. The van der Waals surface area contributed by atoms with E-state index in [0.29, 0.717) is 0 Å². The zero-order valence-electron chi connectivity index (χ0n) is 8.96. The van der Waals surface area contributed by atoms with Crippen molar-refractivity contribution in [2.75, 3.05) is 26.3 Å². The summed E-state index contributed by atoms with van der Waals surface area (Å²) in [4.78, 5) is 2.57. The van der Waals surface area contributed by atoms with Gasteiger partial charge in [0.25, 0.3) is 0 Å². The smallest absolute Gasteiger partial charge is 0.0594 e. The SMILES string of the molecule is CC(C1CC1)N1CCOCC1.[CH2]C. The third kappa shape index (κ3) is 3.28. The minimum atomic E-state index is 0.818. The molecule has 1 radical (unpaired) electrons.